The van der Waals surface area contributed by atoms with Crippen molar-refractivity contribution in [1.82, 2.24) is 19.9 Å². The monoisotopic (exact) mass is 268 g/mol. The molecule has 0 saturated heterocycles. The Bertz CT molecular complexity index is 823. The zero-order valence-corrected chi connectivity index (χ0v) is 11.5. The van der Waals surface area contributed by atoms with Crippen molar-refractivity contribution in [3.05, 3.63) is 46.5 Å². The highest BCUT2D eigenvalue weighted by Gasteiger charge is 2.05. The van der Waals surface area contributed by atoms with Crippen LogP contribution in [0.2, 0.25) is 0 Å². The van der Waals surface area contributed by atoms with Crippen LogP contribution < -0.4 is 0 Å². The van der Waals surface area contributed by atoms with E-state index >= 15 is 0 Å². The number of fused-ring (bicyclic) bond motifs is 1. The predicted octanol–water partition coefficient (Wildman–Crippen LogP) is 3.37. The SMILES string of the molecule is Cc1[nH]c(-c2ccc3nccnc3c2)nc(=S)c1C. The summed E-state index contributed by atoms with van der Waals surface area (Å²) in [5, 5.41) is 0. The summed E-state index contributed by atoms with van der Waals surface area (Å²) in [5.74, 6) is 0.764. The van der Waals surface area contributed by atoms with Gasteiger partial charge in [0, 0.05) is 29.2 Å². The van der Waals surface area contributed by atoms with E-state index in [1.165, 1.54) is 0 Å². The zero-order valence-electron chi connectivity index (χ0n) is 10.6. The van der Waals surface area contributed by atoms with Gasteiger partial charge in [-0.3, -0.25) is 9.97 Å². The lowest BCUT2D eigenvalue weighted by Gasteiger charge is -2.06. The minimum Gasteiger partial charge on any atom is -0.343 e. The molecule has 2 aromatic heterocycles. The van der Waals surface area contributed by atoms with Gasteiger partial charge < -0.3 is 4.98 Å². The van der Waals surface area contributed by atoms with E-state index in [2.05, 4.69) is 19.9 Å². The number of aromatic amines is 1. The maximum Gasteiger partial charge on any atom is 0.139 e. The van der Waals surface area contributed by atoms with Crippen LogP contribution in [0, 0.1) is 18.5 Å². The standard InChI is InChI=1S/C14H12N4S/c1-8-9(2)17-13(18-14(8)19)10-3-4-11-12(7-10)16-6-5-15-11/h3-7H,1-2H3,(H,17,18,19). The highest BCUT2D eigenvalue weighted by Crippen LogP contribution is 2.20. The number of aromatic nitrogens is 4. The van der Waals surface area contributed by atoms with Gasteiger partial charge in [-0.25, -0.2) is 4.98 Å². The number of hydrogen-bond donors (Lipinski definition) is 1. The molecule has 0 saturated carbocycles. The highest BCUT2D eigenvalue weighted by molar-refractivity contribution is 7.71. The first-order valence-electron chi connectivity index (χ1n) is 5.94. The second-order valence-corrected chi connectivity index (χ2v) is 4.79. The number of hydrogen-bond acceptors (Lipinski definition) is 4. The van der Waals surface area contributed by atoms with Crippen molar-refractivity contribution in [3.63, 3.8) is 0 Å². The van der Waals surface area contributed by atoms with E-state index in [-0.39, 0.29) is 0 Å². The summed E-state index contributed by atoms with van der Waals surface area (Å²) in [6.07, 6.45) is 3.37. The van der Waals surface area contributed by atoms with Gasteiger partial charge in [0.05, 0.1) is 11.0 Å². The normalized spacial score (nSPS) is 10.8. The van der Waals surface area contributed by atoms with Crippen molar-refractivity contribution < 1.29 is 0 Å². The van der Waals surface area contributed by atoms with E-state index in [1.807, 2.05) is 32.0 Å². The Morgan fingerprint density at radius 3 is 2.53 bits per heavy atom. The predicted molar refractivity (Wildman–Crippen MR) is 77.4 cm³/mol. The molecule has 0 bridgehead atoms. The Morgan fingerprint density at radius 1 is 1.05 bits per heavy atom. The number of rotatable bonds is 1. The van der Waals surface area contributed by atoms with E-state index < -0.39 is 0 Å². The van der Waals surface area contributed by atoms with Crippen LogP contribution in [0.4, 0.5) is 0 Å². The molecule has 19 heavy (non-hydrogen) atoms. The first-order chi connectivity index (χ1) is 9.15. The average Bonchev–Trinajstić information content (AvgIpc) is 2.43. The molecule has 0 aliphatic heterocycles. The Labute approximate surface area is 115 Å². The molecule has 94 valence electrons. The van der Waals surface area contributed by atoms with Crippen LogP contribution in [0.3, 0.4) is 0 Å². The second-order valence-electron chi connectivity index (χ2n) is 4.40. The maximum absolute atomic E-state index is 5.27. The summed E-state index contributed by atoms with van der Waals surface area (Å²) in [5.41, 5.74) is 4.73. The largest absolute Gasteiger partial charge is 0.343 e. The van der Waals surface area contributed by atoms with Crippen molar-refractivity contribution in [3.8, 4) is 11.4 Å². The Morgan fingerprint density at radius 2 is 1.79 bits per heavy atom. The van der Waals surface area contributed by atoms with E-state index in [0.29, 0.717) is 4.64 Å². The van der Waals surface area contributed by atoms with Gasteiger partial charge in [0.1, 0.15) is 10.5 Å². The molecule has 2 heterocycles. The van der Waals surface area contributed by atoms with Crippen LogP contribution in [0.1, 0.15) is 11.3 Å². The number of nitrogens with zero attached hydrogens (tertiary/aromatic N) is 3. The molecular formula is C14H12N4S. The van der Waals surface area contributed by atoms with Crippen molar-refractivity contribution in [2.45, 2.75) is 13.8 Å². The lowest BCUT2D eigenvalue weighted by molar-refractivity contribution is 1.06. The third-order valence-electron chi connectivity index (χ3n) is 3.15. The van der Waals surface area contributed by atoms with Crippen LogP contribution in [0.15, 0.2) is 30.6 Å². The number of nitrogens with one attached hydrogen (secondary N) is 1. The summed E-state index contributed by atoms with van der Waals surface area (Å²) >= 11 is 5.27. The second kappa shape index (κ2) is 4.51. The summed E-state index contributed by atoms with van der Waals surface area (Å²) in [6.45, 7) is 3.97. The fourth-order valence-corrected chi connectivity index (χ4v) is 2.14. The molecule has 1 aromatic carbocycles. The number of benzene rings is 1. The summed E-state index contributed by atoms with van der Waals surface area (Å²) in [4.78, 5) is 16.2. The molecule has 0 radical (unpaired) electrons. The Balaban J connectivity index is 2.22. The summed E-state index contributed by atoms with van der Waals surface area (Å²) in [6, 6.07) is 5.87. The van der Waals surface area contributed by atoms with Crippen LogP contribution in [0.5, 0.6) is 0 Å². The van der Waals surface area contributed by atoms with Crippen molar-refractivity contribution in [1.29, 1.82) is 0 Å². The molecule has 0 fully saturated rings. The van der Waals surface area contributed by atoms with Gasteiger partial charge in [0.2, 0.25) is 0 Å². The smallest absolute Gasteiger partial charge is 0.139 e. The molecule has 0 atom stereocenters. The van der Waals surface area contributed by atoms with E-state index in [4.69, 9.17) is 12.2 Å². The Kier molecular flexibility index (Phi) is 2.83. The molecular weight excluding hydrogens is 256 g/mol. The maximum atomic E-state index is 5.27. The van der Waals surface area contributed by atoms with Crippen molar-refractivity contribution >= 4 is 23.3 Å². The first kappa shape index (κ1) is 11.9. The van der Waals surface area contributed by atoms with Gasteiger partial charge in [-0.15, -0.1) is 0 Å². The fraction of sp³-hybridized carbons (Fsp3) is 0.143. The van der Waals surface area contributed by atoms with Crippen molar-refractivity contribution in [2.75, 3.05) is 0 Å². The van der Waals surface area contributed by atoms with E-state index in [9.17, 15) is 0 Å². The van der Waals surface area contributed by atoms with Crippen LogP contribution in [-0.4, -0.2) is 19.9 Å². The average molecular weight is 268 g/mol. The zero-order chi connectivity index (χ0) is 13.4. The molecule has 0 unspecified atom stereocenters. The molecule has 0 aliphatic carbocycles. The summed E-state index contributed by atoms with van der Waals surface area (Å²) in [7, 11) is 0. The van der Waals surface area contributed by atoms with Crippen LogP contribution >= 0.6 is 12.2 Å². The van der Waals surface area contributed by atoms with Gasteiger partial charge in [-0.1, -0.05) is 12.2 Å². The first-order valence-corrected chi connectivity index (χ1v) is 6.34. The third kappa shape index (κ3) is 2.13. The quantitative estimate of drug-likeness (QED) is 0.687. The van der Waals surface area contributed by atoms with E-state index in [0.717, 1.165) is 33.7 Å². The van der Waals surface area contributed by atoms with Gasteiger partial charge in [0.25, 0.3) is 0 Å². The molecule has 5 heteroatoms. The minimum absolute atomic E-state index is 0.630. The molecule has 3 rings (SSSR count). The van der Waals surface area contributed by atoms with Gasteiger partial charge >= 0.3 is 0 Å². The third-order valence-corrected chi connectivity index (χ3v) is 3.54. The molecule has 1 N–H and O–H groups in total. The molecule has 3 aromatic rings. The lowest BCUT2D eigenvalue weighted by Crippen LogP contribution is -1.96. The molecule has 4 nitrogen and oxygen atoms in total. The van der Waals surface area contributed by atoms with Crippen molar-refractivity contribution in [2.24, 2.45) is 0 Å². The van der Waals surface area contributed by atoms with Crippen LogP contribution in [-0.2, 0) is 0 Å². The molecule has 0 amide bonds. The van der Waals surface area contributed by atoms with E-state index in [1.54, 1.807) is 12.4 Å². The molecule has 0 spiro atoms. The van der Waals surface area contributed by atoms with Gasteiger partial charge in [-0.2, -0.15) is 0 Å². The highest BCUT2D eigenvalue weighted by atomic mass is 32.1. The lowest BCUT2D eigenvalue weighted by atomic mass is 10.1. The van der Waals surface area contributed by atoms with Crippen LogP contribution in [0.25, 0.3) is 22.4 Å². The fourth-order valence-electron chi connectivity index (χ4n) is 1.89. The topological polar surface area (TPSA) is 54.5 Å². The number of H-pyrrole nitrogens is 1. The summed E-state index contributed by atoms with van der Waals surface area (Å²) < 4.78 is 0.630. The molecule has 0 aliphatic rings. The van der Waals surface area contributed by atoms with Gasteiger partial charge in [-0.05, 0) is 32.0 Å². The van der Waals surface area contributed by atoms with Gasteiger partial charge in [0.15, 0.2) is 0 Å². The number of aryl methyl sites for hydroxylation is 1. The minimum atomic E-state index is 0.630. The Hall–Kier alpha value is -2.14.